The third kappa shape index (κ3) is 5.34. The molecule has 0 saturated carbocycles. The fraction of sp³-hybridized carbons (Fsp3) is 0.250. The second-order valence-corrected chi connectivity index (χ2v) is 11.2. The average molecular weight is 583 g/mol. The summed E-state index contributed by atoms with van der Waals surface area (Å²) in [6.07, 6.45) is 0.865. The van der Waals surface area contributed by atoms with Crippen molar-refractivity contribution in [3.8, 4) is 22.6 Å². The predicted molar refractivity (Wildman–Crippen MR) is 152 cm³/mol. The molecule has 208 valence electrons. The van der Waals surface area contributed by atoms with Gasteiger partial charge in [0.25, 0.3) is 0 Å². The zero-order valence-corrected chi connectivity index (χ0v) is 23.4. The molecule has 0 saturated heterocycles. The monoisotopic (exact) mass is 582 g/mol. The van der Waals surface area contributed by atoms with E-state index >= 15 is 0 Å². The van der Waals surface area contributed by atoms with E-state index in [9.17, 15) is 13.2 Å². The number of benzene rings is 3. The van der Waals surface area contributed by atoms with Crippen LogP contribution in [-0.2, 0) is 25.2 Å². The van der Waals surface area contributed by atoms with E-state index < -0.39 is 27.6 Å². The number of rotatable bonds is 8. The number of fused-ring (bicyclic) bond motifs is 1. The Bertz CT molecular complexity index is 1620. The largest absolute Gasteiger partial charge is 0.497 e. The molecule has 1 unspecified atom stereocenters. The number of methoxy groups -OCH3 is 1. The van der Waals surface area contributed by atoms with Gasteiger partial charge >= 0.3 is 16.1 Å². The highest BCUT2D eigenvalue weighted by molar-refractivity contribution is 7.86. The molecule has 0 radical (unpaired) electrons. The van der Waals surface area contributed by atoms with Crippen LogP contribution in [0.1, 0.15) is 24.5 Å². The molecule has 2 heterocycles. The lowest BCUT2D eigenvalue weighted by atomic mass is 9.81. The molecule has 12 heteroatoms. The molecular weight excluding hydrogens is 556 g/mol. The van der Waals surface area contributed by atoms with E-state index in [4.69, 9.17) is 36.2 Å². The highest BCUT2D eigenvalue weighted by Crippen LogP contribution is 2.43. The van der Waals surface area contributed by atoms with Gasteiger partial charge in [0.05, 0.1) is 7.11 Å². The van der Waals surface area contributed by atoms with Crippen molar-refractivity contribution in [2.24, 2.45) is 15.7 Å². The first-order chi connectivity index (χ1) is 19.1. The summed E-state index contributed by atoms with van der Waals surface area (Å²) in [5, 5.41) is 0.261. The Balaban J connectivity index is 1.59. The number of aliphatic imine (C=N–C) groups is 2. The summed E-state index contributed by atoms with van der Waals surface area (Å²) in [5.74, 6) is 0.164. The van der Waals surface area contributed by atoms with Crippen LogP contribution in [0.25, 0.3) is 11.1 Å². The van der Waals surface area contributed by atoms with Crippen LogP contribution in [0, 0.1) is 0 Å². The molecule has 0 fully saturated rings. The number of nitrogens with zero attached hydrogens (tertiary/aromatic N) is 3. The average Bonchev–Trinajstić information content (AvgIpc) is 3.25. The Morgan fingerprint density at radius 3 is 2.55 bits per heavy atom. The maximum atomic E-state index is 12.3. The second-order valence-electron chi connectivity index (χ2n) is 9.27. The fourth-order valence-electron chi connectivity index (χ4n) is 4.83. The normalized spacial score (nSPS) is 18.4. The van der Waals surface area contributed by atoms with Gasteiger partial charge in [0.2, 0.25) is 5.94 Å². The van der Waals surface area contributed by atoms with Crippen LogP contribution < -0.4 is 14.7 Å². The number of amidine groups is 1. The smallest absolute Gasteiger partial charge is 0.345 e. The van der Waals surface area contributed by atoms with Crippen molar-refractivity contribution in [2.45, 2.75) is 18.9 Å². The van der Waals surface area contributed by atoms with Crippen LogP contribution in [-0.4, -0.2) is 57.2 Å². The molecule has 0 aromatic heterocycles. The summed E-state index contributed by atoms with van der Waals surface area (Å²) in [5.41, 5.74) is 8.45. The Morgan fingerprint density at radius 2 is 1.82 bits per heavy atom. The molecule has 0 bridgehead atoms. The lowest BCUT2D eigenvalue weighted by Gasteiger charge is -2.33. The van der Waals surface area contributed by atoms with Crippen molar-refractivity contribution in [1.29, 1.82) is 0 Å². The number of nitrogens with two attached hydrogens (primary N) is 1. The number of hydrogen-bond donors (Lipinski definition) is 1. The van der Waals surface area contributed by atoms with Gasteiger partial charge < -0.3 is 19.4 Å². The minimum absolute atomic E-state index is 0.0177. The maximum Gasteiger partial charge on any atom is 0.345 e. The summed E-state index contributed by atoms with van der Waals surface area (Å²) in [4.78, 5) is 22.8. The molecule has 5 rings (SSSR count). The van der Waals surface area contributed by atoms with Gasteiger partial charge in [0.15, 0.2) is 11.5 Å². The Morgan fingerprint density at radius 1 is 1.05 bits per heavy atom. The van der Waals surface area contributed by atoms with Gasteiger partial charge in [0.1, 0.15) is 17.3 Å². The predicted octanol–water partition coefficient (Wildman–Crippen LogP) is 3.92. The second kappa shape index (κ2) is 10.8. The Labute approximate surface area is 237 Å². The van der Waals surface area contributed by atoms with Crippen molar-refractivity contribution in [2.75, 3.05) is 26.1 Å². The molecule has 2 aliphatic rings. The van der Waals surface area contributed by atoms with Gasteiger partial charge in [-0.1, -0.05) is 41.9 Å². The first kappa shape index (κ1) is 27.5. The molecule has 1 atom stereocenters. The number of ether oxygens (including phenoxy) is 2. The number of guanidine groups is 1. The van der Waals surface area contributed by atoms with Gasteiger partial charge in [-0.15, -0.1) is 0 Å². The minimum atomic E-state index is -4.20. The Hall–Kier alpha value is -4.09. The van der Waals surface area contributed by atoms with E-state index in [2.05, 4.69) is 4.74 Å². The molecule has 40 heavy (non-hydrogen) atoms. The third-order valence-corrected chi connectivity index (χ3v) is 7.63. The van der Waals surface area contributed by atoms with Crippen LogP contribution in [0.4, 0.5) is 0 Å². The lowest BCUT2D eigenvalue weighted by Crippen LogP contribution is -2.46. The molecule has 2 aliphatic heterocycles. The fourth-order valence-corrected chi connectivity index (χ4v) is 5.81. The van der Waals surface area contributed by atoms with Crippen LogP contribution >= 0.6 is 11.6 Å². The minimum Gasteiger partial charge on any atom is -0.497 e. The van der Waals surface area contributed by atoms with Gasteiger partial charge in [0, 0.05) is 31.1 Å². The summed E-state index contributed by atoms with van der Waals surface area (Å²) >= 11 is 6.35. The third-order valence-electron chi connectivity index (χ3n) is 6.56. The molecule has 3 aromatic carbocycles. The van der Waals surface area contributed by atoms with Crippen molar-refractivity contribution in [1.82, 2.24) is 4.90 Å². The van der Waals surface area contributed by atoms with Crippen LogP contribution in [0.2, 0.25) is 5.02 Å². The molecule has 0 amide bonds. The standard InChI is InChI=1S/C28H27ClN4O6S/c1-18(34)38-17-40(35,36)39-25-15-20(14-23(29)16-25)19-5-3-6-22(13-19)28(21-7-9-24(37-2)10-8-21)26-31-11-4-12-33(26)27(30)32-28/h3,5-10,13-16H,4,11-12,17H2,1-2H3,(H2,30,32). The number of carbonyl (C=O) groups excluding carboxylic acids is 1. The Kier molecular flexibility index (Phi) is 7.43. The van der Waals surface area contributed by atoms with Gasteiger partial charge in [-0.25, -0.2) is 4.99 Å². The van der Waals surface area contributed by atoms with E-state index in [-0.39, 0.29) is 10.8 Å². The summed E-state index contributed by atoms with van der Waals surface area (Å²) < 4.78 is 39.7. The molecule has 2 N–H and O–H groups in total. The molecule has 0 spiro atoms. The van der Waals surface area contributed by atoms with Crippen LogP contribution in [0.3, 0.4) is 0 Å². The lowest BCUT2D eigenvalue weighted by molar-refractivity contribution is -0.139. The topological polar surface area (TPSA) is 133 Å². The van der Waals surface area contributed by atoms with E-state index in [1.807, 2.05) is 53.4 Å². The number of esters is 1. The number of hydrogen-bond acceptors (Lipinski definition) is 10. The van der Waals surface area contributed by atoms with Crippen LogP contribution in [0.15, 0.2) is 76.7 Å². The van der Waals surface area contributed by atoms with Gasteiger partial charge in [-0.3, -0.25) is 14.7 Å². The zero-order valence-electron chi connectivity index (χ0n) is 21.8. The SMILES string of the molecule is COc1ccc(C2(c3cccc(-c4cc(Cl)cc(OS(=O)(=O)COC(C)=O)c4)c3)N=C(N)N3CCCN=C32)cc1. The molecule has 3 aromatic rings. The molecule has 10 nitrogen and oxygen atoms in total. The van der Waals surface area contributed by atoms with E-state index in [1.165, 1.54) is 6.07 Å². The molecule has 0 aliphatic carbocycles. The first-order valence-corrected chi connectivity index (χ1v) is 14.4. The summed E-state index contributed by atoms with van der Waals surface area (Å²) in [6.45, 7) is 2.48. The van der Waals surface area contributed by atoms with E-state index in [0.29, 0.717) is 30.4 Å². The van der Waals surface area contributed by atoms with Crippen molar-refractivity contribution >= 4 is 39.5 Å². The highest BCUT2D eigenvalue weighted by Gasteiger charge is 2.49. The van der Waals surface area contributed by atoms with Gasteiger partial charge in [-0.2, -0.15) is 8.42 Å². The first-order valence-electron chi connectivity index (χ1n) is 12.4. The summed E-state index contributed by atoms with van der Waals surface area (Å²) in [7, 11) is -2.59. The summed E-state index contributed by atoms with van der Waals surface area (Å²) in [6, 6.07) is 19.9. The zero-order chi connectivity index (χ0) is 28.5. The number of carbonyl (C=O) groups is 1. The quantitative estimate of drug-likeness (QED) is 0.312. The van der Waals surface area contributed by atoms with Crippen molar-refractivity contribution in [3.63, 3.8) is 0 Å². The van der Waals surface area contributed by atoms with Gasteiger partial charge in [-0.05, 0) is 59.0 Å². The van der Waals surface area contributed by atoms with Crippen LogP contribution in [0.5, 0.6) is 11.5 Å². The van der Waals surface area contributed by atoms with E-state index in [1.54, 1.807) is 19.2 Å². The molecular formula is C28H27ClN4O6S. The van der Waals surface area contributed by atoms with Crippen molar-refractivity contribution < 1.29 is 26.9 Å². The highest BCUT2D eigenvalue weighted by atomic mass is 35.5. The maximum absolute atomic E-state index is 12.3. The van der Waals surface area contributed by atoms with Crippen molar-refractivity contribution in [3.05, 3.63) is 82.9 Å². The van der Waals surface area contributed by atoms with E-state index in [0.717, 1.165) is 35.9 Å². The number of halogens is 1.